The maximum absolute atomic E-state index is 13.2. The van der Waals surface area contributed by atoms with Crippen LogP contribution in [-0.2, 0) is 14.3 Å². The Kier molecular flexibility index (Phi) is 7.33. The lowest BCUT2D eigenvalue weighted by Gasteiger charge is -2.20. The summed E-state index contributed by atoms with van der Waals surface area (Å²) in [5.41, 5.74) is 3.76. The molecule has 2 atom stereocenters. The molecular formula is C24H26BrN3O3S. The van der Waals surface area contributed by atoms with Gasteiger partial charge in [-0.3, -0.25) is 14.5 Å². The van der Waals surface area contributed by atoms with E-state index in [0.717, 1.165) is 40.7 Å². The molecule has 2 aromatic carbocycles. The van der Waals surface area contributed by atoms with E-state index in [1.165, 1.54) is 11.8 Å². The second kappa shape index (κ2) is 10.2. The summed E-state index contributed by atoms with van der Waals surface area (Å²) < 4.78 is 6.70. The van der Waals surface area contributed by atoms with E-state index in [1.807, 2.05) is 50.2 Å². The maximum atomic E-state index is 13.2. The number of hydrogen-bond acceptors (Lipinski definition) is 5. The van der Waals surface area contributed by atoms with Gasteiger partial charge in [-0.2, -0.15) is 0 Å². The highest BCUT2D eigenvalue weighted by Gasteiger charge is 2.40. The highest BCUT2D eigenvalue weighted by molar-refractivity contribution is 9.10. The minimum absolute atomic E-state index is 0.0133. The SMILES string of the molecule is Cc1cc(C)cc(N=C2SC(CC(=O)Nc3ccc(Br)cc3)C(=O)N2CC2CCCO2)c1. The van der Waals surface area contributed by atoms with Gasteiger partial charge in [0.2, 0.25) is 11.8 Å². The first-order valence-corrected chi connectivity index (χ1v) is 12.4. The number of amides is 2. The summed E-state index contributed by atoms with van der Waals surface area (Å²) in [6.45, 7) is 5.26. The van der Waals surface area contributed by atoms with Gasteiger partial charge >= 0.3 is 0 Å². The van der Waals surface area contributed by atoms with Crippen molar-refractivity contribution in [2.45, 2.75) is 44.5 Å². The fourth-order valence-electron chi connectivity index (χ4n) is 3.92. The molecule has 0 spiro atoms. The molecule has 2 aliphatic rings. The average molecular weight is 516 g/mol. The van der Waals surface area contributed by atoms with Gasteiger partial charge in [0.05, 0.1) is 18.3 Å². The monoisotopic (exact) mass is 515 g/mol. The predicted molar refractivity (Wildman–Crippen MR) is 132 cm³/mol. The topological polar surface area (TPSA) is 71.0 Å². The van der Waals surface area contributed by atoms with Crippen LogP contribution in [0.1, 0.15) is 30.4 Å². The normalized spacial score (nSPS) is 22.0. The first kappa shape index (κ1) is 23.0. The van der Waals surface area contributed by atoms with E-state index in [-0.39, 0.29) is 24.3 Å². The zero-order valence-electron chi connectivity index (χ0n) is 18.1. The van der Waals surface area contributed by atoms with Crippen molar-refractivity contribution in [2.24, 2.45) is 4.99 Å². The summed E-state index contributed by atoms with van der Waals surface area (Å²) in [5, 5.41) is 3.01. The van der Waals surface area contributed by atoms with Gasteiger partial charge in [-0.15, -0.1) is 0 Å². The van der Waals surface area contributed by atoms with Crippen molar-refractivity contribution in [3.63, 3.8) is 0 Å². The highest BCUT2D eigenvalue weighted by atomic mass is 79.9. The summed E-state index contributed by atoms with van der Waals surface area (Å²) in [6.07, 6.45) is 2.04. The molecule has 0 aromatic heterocycles. The van der Waals surface area contributed by atoms with Crippen molar-refractivity contribution in [3.05, 3.63) is 58.1 Å². The zero-order valence-corrected chi connectivity index (χ0v) is 20.5. The Hall–Kier alpha value is -2.16. The molecule has 0 bridgehead atoms. The third kappa shape index (κ3) is 5.79. The first-order valence-electron chi connectivity index (χ1n) is 10.7. The van der Waals surface area contributed by atoms with Crippen LogP contribution in [0.5, 0.6) is 0 Å². The van der Waals surface area contributed by atoms with E-state index in [9.17, 15) is 9.59 Å². The summed E-state index contributed by atoms with van der Waals surface area (Å²) >= 11 is 4.75. The Morgan fingerprint density at radius 1 is 1.22 bits per heavy atom. The largest absolute Gasteiger partial charge is 0.376 e. The van der Waals surface area contributed by atoms with E-state index in [4.69, 9.17) is 9.73 Å². The number of amidine groups is 1. The zero-order chi connectivity index (χ0) is 22.7. The van der Waals surface area contributed by atoms with Gasteiger partial charge in [0, 0.05) is 23.2 Å². The molecule has 2 fully saturated rings. The number of nitrogens with zero attached hydrogens (tertiary/aromatic N) is 2. The van der Waals surface area contributed by atoms with Crippen LogP contribution in [0.25, 0.3) is 0 Å². The van der Waals surface area contributed by atoms with Crippen LogP contribution in [-0.4, -0.2) is 46.4 Å². The molecule has 0 saturated carbocycles. The number of aliphatic imine (C=N–C) groups is 1. The van der Waals surface area contributed by atoms with Gasteiger partial charge in [-0.05, 0) is 74.2 Å². The van der Waals surface area contributed by atoms with E-state index in [2.05, 4.69) is 27.3 Å². The van der Waals surface area contributed by atoms with Crippen molar-refractivity contribution in [3.8, 4) is 0 Å². The van der Waals surface area contributed by atoms with Crippen molar-refractivity contribution in [1.82, 2.24) is 4.90 Å². The number of thioether (sulfide) groups is 1. The molecule has 2 unspecified atom stereocenters. The average Bonchev–Trinajstić information content (AvgIpc) is 3.33. The van der Waals surface area contributed by atoms with Crippen molar-refractivity contribution < 1.29 is 14.3 Å². The van der Waals surface area contributed by atoms with Crippen LogP contribution in [0.15, 0.2) is 51.9 Å². The lowest BCUT2D eigenvalue weighted by atomic mass is 10.1. The van der Waals surface area contributed by atoms with E-state index >= 15 is 0 Å². The molecule has 1 N–H and O–H groups in total. The number of halogens is 1. The molecule has 2 aliphatic heterocycles. The molecule has 8 heteroatoms. The smallest absolute Gasteiger partial charge is 0.242 e. The molecule has 0 radical (unpaired) electrons. The van der Waals surface area contributed by atoms with Crippen molar-refractivity contribution in [2.75, 3.05) is 18.5 Å². The number of hydrogen-bond donors (Lipinski definition) is 1. The van der Waals surface area contributed by atoms with Gasteiger partial charge in [0.1, 0.15) is 5.25 Å². The second-order valence-electron chi connectivity index (χ2n) is 8.19. The van der Waals surface area contributed by atoms with Gasteiger partial charge in [0.25, 0.3) is 0 Å². The Morgan fingerprint density at radius 2 is 1.94 bits per heavy atom. The molecule has 2 amide bonds. The Balaban J connectivity index is 1.51. The predicted octanol–water partition coefficient (Wildman–Crippen LogP) is 5.21. The summed E-state index contributed by atoms with van der Waals surface area (Å²) in [5.74, 6) is -0.275. The van der Waals surface area contributed by atoms with Crippen LogP contribution >= 0.6 is 27.7 Å². The lowest BCUT2D eigenvalue weighted by Crippen LogP contribution is -2.38. The second-order valence-corrected chi connectivity index (χ2v) is 10.3. The third-order valence-electron chi connectivity index (χ3n) is 5.36. The Bertz CT molecular complexity index is 1020. The number of ether oxygens (including phenoxy) is 1. The molecule has 2 aromatic rings. The van der Waals surface area contributed by atoms with Crippen LogP contribution in [0, 0.1) is 13.8 Å². The van der Waals surface area contributed by atoms with E-state index in [0.29, 0.717) is 17.4 Å². The van der Waals surface area contributed by atoms with Gasteiger partial charge in [-0.1, -0.05) is 33.8 Å². The summed E-state index contributed by atoms with van der Waals surface area (Å²) in [7, 11) is 0. The van der Waals surface area contributed by atoms with Gasteiger partial charge in [0.15, 0.2) is 5.17 Å². The number of carbonyl (C=O) groups excluding carboxylic acids is 2. The van der Waals surface area contributed by atoms with Crippen LogP contribution in [0.2, 0.25) is 0 Å². The Morgan fingerprint density at radius 3 is 2.59 bits per heavy atom. The number of rotatable bonds is 6. The lowest BCUT2D eigenvalue weighted by molar-refractivity contribution is -0.129. The van der Waals surface area contributed by atoms with E-state index in [1.54, 1.807) is 4.90 Å². The minimum atomic E-state index is -0.503. The number of nitrogens with one attached hydrogen (secondary N) is 1. The maximum Gasteiger partial charge on any atom is 0.242 e. The molecule has 168 valence electrons. The number of aryl methyl sites for hydroxylation is 2. The third-order valence-corrected chi connectivity index (χ3v) is 7.06. The van der Waals surface area contributed by atoms with Crippen molar-refractivity contribution in [1.29, 1.82) is 0 Å². The Labute approximate surface area is 200 Å². The van der Waals surface area contributed by atoms with Crippen molar-refractivity contribution >= 4 is 56.0 Å². The van der Waals surface area contributed by atoms with E-state index < -0.39 is 5.25 Å². The van der Waals surface area contributed by atoms with Gasteiger partial charge in [-0.25, -0.2) is 4.99 Å². The number of carbonyl (C=O) groups is 2. The number of anilines is 1. The standard InChI is InChI=1S/C24H26BrN3O3S/c1-15-10-16(2)12-19(11-15)27-24-28(14-20-4-3-9-31-20)23(30)21(32-24)13-22(29)26-18-7-5-17(25)6-8-18/h5-8,10-12,20-21H,3-4,9,13-14H2,1-2H3,(H,26,29). The molecule has 0 aliphatic carbocycles. The van der Waals surface area contributed by atoms with Crippen LogP contribution in [0.3, 0.4) is 0 Å². The van der Waals surface area contributed by atoms with Crippen LogP contribution < -0.4 is 5.32 Å². The fraction of sp³-hybridized carbons (Fsp3) is 0.375. The summed E-state index contributed by atoms with van der Waals surface area (Å²) in [4.78, 5) is 32.4. The minimum Gasteiger partial charge on any atom is -0.376 e. The summed E-state index contributed by atoms with van der Waals surface area (Å²) in [6, 6.07) is 13.5. The molecule has 2 saturated heterocycles. The fourth-order valence-corrected chi connectivity index (χ4v) is 5.36. The molecule has 32 heavy (non-hydrogen) atoms. The highest BCUT2D eigenvalue weighted by Crippen LogP contribution is 2.33. The van der Waals surface area contributed by atoms with Gasteiger partial charge < -0.3 is 10.1 Å². The molecule has 6 nitrogen and oxygen atoms in total. The quantitative estimate of drug-likeness (QED) is 0.573. The molecular weight excluding hydrogens is 490 g/mol. The molecule has 2 heterocycles. The number of benzene rings is 2. The molecule has 4 rings (SSSR count). The first-order chi connectivity index (χ1) is 15.4. The van der Waals surface area contributed by atoms with Crippen LogP contribution in [0.4, 0.5) is 11.4 Å².